The Balaban J connectivity index is 2.24. The van der Waals surface area contributed by atoms with Gasteiger partial charge in [0.25, 0.3) is 5.91 Å². The van der Waals surface area contributed by atoms with Gasteiger partial charge < -0.3 is 11.1 Å². The molecule has 1 aromatic rings. The number of hydrogen-bond donors (Lipinski definition) is 2. The second-order valence-electron chi connectivity index (χ2n) is 6.66. The number of nitrogens with two attached hydrogens (primary N) is 1. The molecule has 0 bridgehead atoms. The Morgan fingerprint density at radius 3 is 2.48 bits per heavy atom. The second-order valence-corrected chi connectivity index (χ2v) is 7.86. The highest BCUT2D eigenvalue weighted by atomic mass is 32.1. The Morgan fingerprint density at radius 2 is 1.95 bits per heavy atom. The molecule has 0 saturated heterocycles. The largest absolute Gasteiger partial charge is 0.391 e. The molecular weight excluding hydrogens is 304 g/mol. The lowest BCUT2D eigenvalue weighted by molar-refractivity contribution is 0.0910. The maximum absolute atomic E-state index is 12.7. The summed E-state index contributed by atoms with van der Waals surface area (Å²) in [6.45, 7) is 6.05. The van der Waals surface area contributed by atoms with Gasteiger partial charge in [0.05, 0.1) is 16.2 Å². The molecule has 1 amide bonds. The molecule has 0 aliphatic heterocycles. The average Bonchev–Trinajstić information content (AvgIpc) is 2.88. The van der Waals surface area contributed by atoms with E-state index >= 15 is 0 Å². The Morgan fingerprint density at radius 1 is 1.33 bits per heavy atom. The van der Waals surface area contributed by atoms with Gasteiger partial charge in [-0.05, 0) is 24.4 Å². The molecule has 0 atom stereocenters. The van der Waals surface area contributed by atoms with Crippen LogP contribution in [-0.2, 0) is 5.41 Å². The molecule has 5 nitrogen and oxygen atoms in total. The number of nitrogens with one attached hydrogen (secondary N) is 1. The van der Waals surface area contributed by atoms with Crippen molar-refractivity contribution in [3.05, 3.63) is 10.6 Å². The second kappa shape index (κ2) is 5.96. The molecule has 7 heteroatoms. The topological polar surface area (TPSA) is 80.9 Å². The Labute approximate surface area is 134 Å². The molecule has 3 N–H and O–H groups in total. The smallest absolute Gasteiger partial charge is 0.265 e. The predicted octanol–water partition coefficient (Wildman–Crippen LogP) is 2.55. The van der Waals surface area contributed by atoms with Crippen LogP contribution < -0.4 is 11.1 Å². The molecule has 0 aromatic carbocycles. The van der Waals surface area contributed by atoms with Gasteiger partial charge >= 0.3 is 0 Å². The van der Waals surface area contributed by atoms with Crippen molar-refractivity contribution in [3.8, 4) is 0 Å². The molecule has 1 fully saturated rings. The van der Waals surface area contributed by atoms with Gasteiger partial charge in [-0.1, -0.05) is 56.7 Å². The van der Waals surface area contributed by atoms with Gasteiger partial charge in [-0.3, -0.25) is 4.79 Å². The van der Waals surface area contributed by atoms with Crippen molar-refractivity contribution in [2.75, 3.05) is 0 Å². The van der Waals surface area contributed by atoms with Crippen molar-refractivity contribution < 1.29 is 4.79 Å². The van der Waals surface area contributed by atoms with Crippen LogP contribution in [0.15, 0.2) is 0 Å². The van der Waals surface area contributed by atoms with Crippen molar-refractivity contribution in [1.82, 2.24) is 14.9 Å². The maximum atomic E-state index is 12.7. The van der Waals surface area contributed by atoms with Gasteiger partial charge in [-0.2, -0.15) is 0 Å². The number of carbonyl (C=O) groups excluding carboxylic acids is 1. The van der Waals surface area contributed by atoms with E-state index in [2.05, 4.69) is 14.9 Å². The molecule has 1 saturated carbocycles. The molecule has 0 spiro atoms. The average molecular weight is 326 g/mol. The molecule has 0 unspecified atom stereocenters. The molecular formula is C14H22N4OS2. The summed E-state index contributed by atoms with van der Waals surface area (Å²) in [5.74, 6) is -0.162. The number of amides is 1. The van der Waals surface area contributed by atoms with Crippen LogP contribution in [0, 0.1) is 0 Å². The molecule has 1 aliphatic rings. The van der Waals surface area contributed by atoms with Crippen molar-refractivity contribution in [2.45, 2.75) is 63.8 Å². The standard InChI is InChI=1S/C14H22N4OS2/c1-13(2,3)10-9(21-18-17-10)11(19)16-14(12(15)20)7-5-4-6-8-14/h4-8H2,1-3H3,(H2,15,20)(H,16,19). The number of thiocarbonyl (C=S) groups is 1. The number of rotatable bonds is 3. The lowest BCUT2D eigenvalue weighted by atomic mass is 9.81. The third-order valence-corrected chi connectivity index (χ3v) is 5.05. The summed E-state index contributed by atoms with van der Waals surface area (Å²) in [4.78, 5) is 13.6. The van der Waals surface area contributed by atoms with Crippen LogP contribution in [0.5, 0.6) is 0 Å². The van der Waals surface area contributed by atoms with Gasteiger partial charge in [0.2, 0.25) is 0 Å². The van der Waals surface area contributed by atoms with E-state index in [1.54, 1.807) is 0 Å². The SMILES string of the molecule is CC(C)(C)c1nnsc1C(=O)NC1(C(N)=S)CCCCC1. The quantitative estimate of drug-likeness (QED) is 0.834. The minimum atomic E-state index is -0.552. The first-order chi connectivity index (χ1) is 9.76. The van der Waals surface area contributed by atoms with E-state index in [1.165, 1.54) is 0 Å². The van der Waals surface area contributed by atoms with Gasteiger partial charge in [-0.25, -0.2) is 0 Å². The monoisotopic (exact) mass is 326 g/mol. The zero-order valence-electron chi connectivity index (χ0n) is 12.7. The fourth-order valence-electron chi connectivity index (χ4n) is 2.69. The number of hydrogen-bond acceptors (Lipinski definition) is 5. The highest BCUT2D eigenvalue weighted by Crippen LogP contribution is 2.31. The predicted molar refractivity (Wildman–Crippen MR) is 88.7 cm³/mol. The maximum Gasteiger partial charge on any atom is 0.265 e. The molecule has 1 aliphatic carbocycles. The fraction of sp³-hybridized carbons (Fsp3) is 0.714. The van der Waals surface area contributed by atoms with Crippen LogP contribution in [0.4, 0.5) is 0 Å². The summed E-state index contributed by atoms with van der Waals surface area (Å²) < 4.78 is 3.94. The van der Waals surface area contributed by atoms with Gasteiger partial charge in [-0.15, -0.1) is 5.10 Å². The first-order valence-electron chi connectivity index (χ1n) is 7.21. The summed E-state index contributed by atoms with van der Waals surface area (Å²) in [7, 11) is 0. The van der Waals surface area contributed by atoms with Gasteiger partial charge in [0.1, 0.15) is 4.88 Å². The van der Waals surface area contributed by atoms with Crippen molar-refractivity contribution in [2.24, 2.45) is 5.73 Å². The van der Waals surface area contributed by atoms with Crippen LogP contribution in [0.3, 0.4) is 0 Å². The summed E-state index contributed by atoms with van der Waals surface area (Å²) in [6, 6.07) is 0. The van der Waals surface area contributed by atoms with Crippen LogP contribution in [-0.4, -0.2) is 26.0 Å². The highest BCUT2D eigenvalue weighted by Gasteiger charge is 2.38. The Bertz CT molecular complexity index is 541. The summed E-state index contributed by atoms with van der Waals surface area (Å²) >= 11 is 6.34. The van der Waals surface area contributed by atoms with Gasteiger partial charge in [0.15, 0.2) is 0 Å². The molecule has 116 valence electrons. The van der Waals surface area contributed by atoms with E-state index in [-0.39, 0.29) is 11.3 Å². The van der Waals surface area contributed by atoms with Crippen molar-refractivity contribution in [1.29, 1.82) is 0 Å². The van der Waals surface area contributed by atoms with Crippen LogP contribution in [0.25, 0.3) is 0 Å². The normalized spacial score (nSPS) is 18.2. The zero-order chi connectivity index (χ0) is 15.7. The van der Waals surface area contributed by atoms with Crippen LogP contribution in [0.1, 0.15) is 68.2 Å². The van der Waals surface area contributed by atoms with Crippen molar-refractivity contribution in [3.63, 3.8) is 0 Å². The summed E-state index contributed by atoms with van der Waals surface area (Å²) in [5.41, 5.74) is 5.87. The van der Waals surface area contributed by atoms with E-state index in [4.69, 9.17) is 18.0 Å². The van der Waals surface area contributed by atoms with Crippen molar-refractivity contribution >= 4 is 34.6 Å². The van der Waals surface area contributed by atoms with Crippen LogP contribution >= 0.6 is 23.8 Å². The summed E-state index contributed by atoms with van der Waals surface area (Å²) in [5, 5.41) is 7.18. The van der Waals surface area contributed by atoms with E-state index in [0.717, 1.165) is 49.3 Å². The third-order valence-electron chi connectivity index (χ3n) is 3.94. The van der Waals surface area contributed by atoms with Gasteiger partial charge in [0, 0.05) is 5.41 Å². The van der Waals surface area contributed by atoms with E-state index < -0.39 is 5.54 Å². The Hall–Kier alpha value is -1.08. The fourth-order valence-corrected chi connectivity index (χ4v) is 3.72. The molecule has 1 aromatic heterocycles. The minimum Gasteiger partial charge on any atom is -0.391 e. The molecule has 0 radical (unpaired) electrons. The number of nitrogens with zero attached hydrogens (tertiary/aromatic N) is 2. The highest BCUT2D eigenvalue weighted by molar-refractivity contribution is 7.80. The lowest BCUT2D eigenvalue weighted by Gasteiger charge is -2.37. The van der Waals surface area contributed by atoms with E-state index in [9.17, 15) is 4.79 Å². The van der Waals surface area contributed by atoms with E-state index in [0.29, 0.717) is 9.87 Å². The first-order valence-corrected chi connectivity index (χ1v) is 8.40. The number of aromatic nitrogens is 2. The molecule has 2 rings (SSSR count). The van der Waals surface area contributed by atoms with Crippen LogP contribution in [0.2, 0.25) is 0 Å². The minimum absolute atomic E-state index is 0.162. The molecule has 1 heterocycles. The summed E-state index contributed by atoms with van der Waals surface area (Å²) in [6.07, 6.45) is 4.85. The zero-order valence-corrected chi connectivity index (χ0v) is 14.4. The molecule has 21 heavy (non-hydrogen) atoms. The van der Waals surface area contributed by atoms with E-state index in [1.807, 2.05) is 20.8 Å². The number of carbonyl (C=O) groups is 1. The third kappa shape index (κ3) is 3.40. The Kier molecular flexibility index (Phi) is 4.63. The first kappa shape index (κ1) is 16.3. The lowest BCUT2D eigenvalue weighted by Crippen LogP contribution is -2.57.